The first-order valence-electron chi connectivity index (χ1n) is 9.01. The first kappa shape index (κ1) is 16.1. The van der Waals surface area contributed by atoms with Crippen molar-refractivity contribution in [3.8, 4) is 0 Å². The molecule has 0 aromatic carbocycles. The normalized spacial score (nSPS) is 24.1. The van der Waals surface area contributed by atoms with Gasteiger partial charge in [-0.3, -0.25) is 4.79 Å². The average molecular weight is 340 g/mol. The smallest absolute Gasteiger partial charge is 0.225 e. The van der Waals surface area contributed by atoms with E-state index in [1.54, 1.807) is 18.7 Å². The molecule has 7 nitrogen and oxygen atoms in total. The summed E-state index contributed by atoms with van der Waals surface area (Å²) in [5.41, 5.74) is 1.25. The largest absolute Gasteiger partial charge is 0.348 e. The molecule has 1 spiro atoms. The first-order valence-corrected chi connectivity index (χ1v) is 9.01. The van der Waals surface area contributed by atoms with Crippen LogP contribution in [0, 0.1) is 5.41 Å². The van der Waals surface area contributed by atoms with Crippen molar-refractivity contribution in [1.82, 2.24) is 24.8 Å². The zero-order chi connectivity index (χ0) is 17.1. The van der Waals surface area contributed by atoms with Crippen molar-refractivity contribution in [2.75, 3.05) is 31.1 Å². The number of imidazole rings is 1. The molecule has 2 aliphatic heterocycles. The maximum Gasteiger partial charge on any atom is 0.225 e. The van der Waals surface area contributed by atoms with Gasteiger partial charge in [0.05, 0.1) is 6.33 Å². The van der Waals surface area contributed by atoms with E-state index in [0.717, 1.165) is 57.1 Å². The monoisotopic (exact) mass is 340 g/mol. The number of likely N-dealkylation sites (tertiary alicyclic amines) is 1. The molecule has 0 aliphatic carbocycles. The molecule has 7 heteroatoms. The van der Waals surface area contributed by atoms with Gasteiger partial charge in [0.1, 0.15) is 0 Å². The van der Waals surface area contributed by atoms with Gasteiger partial charge in [-0.25, -0.2) is 15.0 Å². The summed E-state index contributed by atoms with van der Waals surface area (Å²) < 4.78 is 0. The van der Waals surface area contributed by atoms with E-state index < -0.39 is 0 Å². The van der Waals surface area contributed by atoms with E-state index in [9.17, 15) is 4.79 Å². The third-order valence-corrected chi connectivity index (χ3v) is 5.45. The fourth-order valence-corrected chi connectivity index (χ4v) is 4.15. The molecule has 2 fully saturated rings. The lowest BCUT2D eigenvalue weighted by Gasteiger charge is -2.48. The molecule has 2 aliphatic rings. The number of piperidine rings is 2. The highest BCUT2D eigenvalue weighted by Gasteiger charge is 2.42. The molecule has 0 radical (unpaired) electrons. The highest BCUT2D eigenvalue weighted by atomic mass is 16.2. The fourth-order valence-electron chi connectivity index (χ4n) is 4.15. The Morgan fingerprint density at radius 2 is 2.08 bits per heavy atom. The summed E-state index contributed by atoms with van der Waals surface area (Å²) in [4.78, 5) is 32.7. The minimum Gasteiger partial charge on any atom is -0.348 e. The van der Waals surface area contributed by atoms with Crippen molar-refractivity contribution in [3.05, 3.63) is 36.7 Å². The number of H-pyrrole nitrogens is 1. The number of anilines is 1. The molecule has 4 heterocycles. The Morgan fingerprint density at radius 1 is 1.20 bits per heavy atom. The summed E-state index contributed by atoms with van der Waals surface area (Å²) in [6.45, 7) is 3.52. The lowest BCUT2D eigenvalue weighted by atomic mass is 9.73. The van der Waals surface area contributed by atoms with Crippen molar-refractivity contribution in [2.24, 2.45) is 5.41 Å². The Kier molecular flexibility index (Phi) is 4.38. The quantitative estimate of drug-likeness (QED) is 0.916. The van der Waals surface area contributed by atoms with Gasteiger partial charge >= 0.3 is 0 Å². The highest BCUT2D eigenvalue weighted by molar-refractivity contribution is 5.77. The maximum absolute atomic E-state index is 12.4. The molecule has 1 atom stereocenters. The van der Waals surface area contributed by atoms with E-state index in [0.29, 0.717) is 6.42 Å². The van der Waals surface area contributed by atoms with Gasteiger partial charge in [0.25, 0.3) is 0 Å². The van der Waals surface area contributed by atoms with Gasteiger partial charge in [-0.2, -0.15) is 0 Å². The van der Waals surface area contributed by atoms with Crippen LogP contribution in [0.5, 0.6) is 0 Å². The summed E-state index contributed by atoms with van der Waals surface area (Å²) in [5, 5.41) is 0. The van der Waals surface area contributed by atoms with Crippen molar-refractivity contribution in [1.29, 1.82) is 0 Å². The Bertz CT molecular complexity index is 704. The minimum absolute atomic E-state index is 0.166. The van der Waals surface area contributed by atoms with Crippen LogP contribution in [0.3, 0.4) is 0 Å². The second kappa shape index (κ2) is 6.82. The Labute approximate surface area is 147 Å². The van der Waals surface area contributed by atoms with Crippen molar-refractivity contribution in [3.63, 3.8) is 0 Å². The number of hydrogen-bond acceptors (Lipinski definition) is 5. The zero-order valence-corrected chi connectivity index (χ0v) is 14.4. The van der Waals surface area contributed by atoms with Gasteiger partial charge < -0.3 is 14.8 Å². The van der Waals surface area contributed by atoms with Crippen molar-refractivity contribution >= 4 is 11.9 Å². The molecule has 1 unspecified atom stereocenters. The number of aromatic nitrogens is 4. The second-order valence-corrected chi connectivity index (χ2v) is 7.22. The molecule has 1 amide bonds. The van der Waals surface area contributed by atoms with Crippen LogP contribution in [0.15, 0.2) is 31.0 Å². The Balaban J connectivity index is 1.44. The SMILES string of the molecule is O=C1CCC2(CCCN(c3ncccn3)C2)CN1CCc1cnc[nH]1. The van der Waals surface area contributed by atoms with E-state index in [-0.39, 0.29) is 11.3 Å². The van der Waals surface area contributed by atoms with E-state index >= 15 is 0 Å². The number of hydrogen-bond donors (Lipinski definition) is 1. The van der Waals surface area contributed by atoms with E-state index in [2.05, 4.69) is 24.8 Å². The minimum atomic E-state index is 0.166. The number of carbonyl (C=O) groups excluding carboxylic acids is 1. The second-order valence-electron chi connectivity index (χ2n) is 7.22. The number of amides is 1. The van der Waals surface area contributed by atoms with Gasteiger partial charge in [-0.1, -0.05) is 0 Å². The molecule has 1 N–H and O–H groups in total. The summed E-state index contributed by atoms with van der Waals surface area (Å²) in [7, 11) is 0. The van der Waals surface area contributed by atoms with Crippen LogP contribution in [0.25, 0.3) is 0 Å². The lowest BCUT2D eigenvalue weighted by Crippen LogP contribution is -2.54. The van der Waals surface area contributed by atoms with Crippen molar-refractivity contribution < 1.29 is 4.79 Å². The van der Waals surface area contributed by atoms with Crippen molar-refractivity contribution in [2.45, 2.75) is 32.1 Å². The van der Waals surface area contributed by atoms with Crippen LogP contribution in [0.1, 0.15) is 31.4 Å². The summed E-state index contributed by atoms with van der Waals surface area (Å²) >= 11 is 0. The molecular formula is C18H24N6O. The molecule has 2 saturated heterocycles. The molecule has 2 aromatic heterocycles. The Hall–Kier alpha value is -2.44. The third-order valence-electron chi connectivity index (χ3n) is 5.45. The number of rotatable bonds is 4. The van der Waals surface area contributed by atoms with Gasteiger partial charge in [0.15, 0.2) is 0 Å². The van der Waals surface area contributed by atoms with Gasteiger partial charge in [-0.05, 0) is 25.3 Å². The number of nitrogens with zero attached hydrogens (tertiary/aromatic N) is 5. The third kappa shape index (κ3) is 3.50. The van der Waals surface area contributed by atoms with Crippen LogP contribution in [0.2, 0.25) is 0 Å². The summed E-state index contributed by atoms with van der Waals surface area (Å²) in [6, 6.07) is 1.85. The average Bonchev–Trinajstić information content (AvgIpc) is 3.17. The molecule has 0 bridgehead atoms. The number of nitrogens with one attached hydrogen (secondary N) is 1. The number of aromatic amines is 1. The molecule has 4 rings (SSSR count). The van der Waals surface area contributed by atoms with Gasteiger partial charge in [0, 0.05) is 68.7 Å². The van der Waals surface area contributed by atoms with Crippen LogP contribution in [-0.4, -0.2) is 56.9 Å². The van der Waals surface area contributed by atoms with Crippen LogP contribution in [0.4, 0.5) is 5.95 Å². The predicted molar refractivity (Wildman–Crippen MR) is 94.0 cm³/mol. The van der Waals surface area contributed by atoms with E-state index in [1.807, 2.05) is 17.2 Å². The van der Waals surface area contributed by atoms with Crippen LogP contribution < -0.4 is 4.90 Å². The maximum atomic E-state index is 12.4. The lowest BCUT2D eigenvalue weighted by molar-refractivity contribution is -0.137. The van der Waals surface area contributed by atoms with Crippen LogP contribution in [-0.2, 0) is 11.2 Å². The molecule has 2 aromatic rings. The molecule has 132 valence electrons. The predicted octanol–water partition coefficient (Wildman–Crippen LogP) is 1.65. The Morgan fingerprint density at radius 3 is 2.88 bits per heavy atom. The standard InChI is InChI=1S/C18H24N6O/c25-16-3-6-18(12-23(16)10-4-15-11-19-14-22-15)5-1-9-24(13-18)17-20-7-2-8-21-17/h2,7-8,11,14H,1,3-6,9-10,12-13H2,(H,19,22). The summed E-state index contributed by atoms with van der Waals surface area (Å²) in [6.07, 6.45) is 11.9. The van der Waals surface area contributed by atoms with Gasteiger partial charge in [-0.15, -0.1) is 0 Å². The molecular weight excluding hydrogens is 316 g/mol. The van der Waals surface area contributed by atoms with Crippen LogP contribution >= 0.6 is 0 Å². The highest BCUT2D eigenvalue weighted by Crippen LogP contribution is 2.39. The number of carbonyl (C=O) groups is 1. The molecule has 25 heavy (non-hydrogen) atoms. The molecule has 0 saturated carbocycles. The zero-order valence-electron chi connectivity index (χ0n) is 14.4. The van der Waals surface area contributed by atoms with Gasteiger partial charge in [0.2, 0.25) is 11.9 Å². The fraction of sp³-hybridized carbons (Fsp3) is 0.556. The van der Waals surface area contributed by atoms with E-state index in [1.165, 1.54) is 6.42 Å². The summed E-state index contributed by atoms with van der Waals surface area (Å²) in [5.74, 6) is 1.08. The first-order chi connectivity index (χ1) is 12.2. The van der Waals surface area contributed by atoms with E-state index in [4.69, 9.17) is 0 Å². The topological polar surface area (TPSA) is 78.0 Å².